The molecule has 5 N–H and O–H groups in total. The lowest BCUT2D eigenvalue weighted by Gasteiger charge is -2.03. The molecule has 0 bridgehead atoms. The summed E-state index contributed by atoms with van der Waals surface area (Å²) in [5.74, 6) is 0.335. The van der Waals surface area contributed by atoms with E-state index in [0.717, 1.165) is 5.56 Å². The molecule has 0 aliphatic heterocycles. The number of nitrogens with two attached hydrogens (primary N) is 2. The van der Waals surface area contributed by atoms with Gasteiger partial charge in [-0.3, -0.25) is 0 Å². The van der Waals surface area contributed by atoms with Crippen molar-refractivity contribution < 1.29 is 9.90 Å². The van der Waals surface area contributed by atoms with E-state index in [1.54, 1.807) is 24.3 Å². The number of hydrogen-bond acceptors (Lipinski definition) is 6. The van der Waals surface area contributed by atoms with E-state index in [9.17, 15) is 4.79 Å². The number of nitrogen functional groups attached to an aromatic ring is 2. The first kappa shape index (κ1) is 13.2. The maximum Gasteiger partial charge on any atom is 0.335 e. The Morgan fingerprint density at radius 1 is 1.16 bits per heavy atom. The monoisotopic (exact) mass is 276 g/mol. The van der Waals surface area contributed by atoms with Crippen molar-refractivity contribution in [1.82, 2.24) is 9.97 Å². The van der Waals surface area contributed by atoms with Gasteiger partial charge in [0.25, 0.3) is 0 Å². The van der Waals surface area contributed by atoms with Crippen molar-refractivity contribution in [3.63, 3.8) is 0 Å². The Kier molecular flexibility index (Phi) is 3.86. The van der Waals surface area contributed by atoms with E-state index in [0.29, 0.717) is 22.5 Å². The van der Waals surface area contributed by atoms with Gasteiger partial charge in [0.15, 0.2) is 5.16 Å². The summed E-state index contributed by atoms with van der Waals surface area (Å²) in [4.78, 5) is 18.8. The van der Waals surface area contributed by atoms with E-state index in [4.69, 9.17) is 16.6 Å². The predicted molar refractivity (Wildman–Crippen MR) is 73.8 cm³/mol. The van der Waals surface area contributed by atoms with Crippen molar-refractivity contribution in [1.29, 1.82) is 0 Å². The van der Waals surface area contributed by atoms with Gasteiger partial charge in [-0.15, -0.1) is 0 Å². The van der Waals surface area contributed by atoms with Crippen molar-refractivity contribution in [2.75, 3.05) is 11.5 Å². The molecule has 1 aromatic heterocycles. The van der Waals surface area contributed by atoms with E-state index < -0.39 is 5.97 Å². The van der Waals surface area contributed by atoms with Crippen LogP contribution in [0.1, 0.15) is 15.9 Å². The zero-order valence-corrected chi connectivity index (χ0v) is 10.7. The minimum Gasteiger partial charge on any atom is -0.478 e. The third-order valence-corrected chi connectivity index (χ3v) is 3.23. The van der Waals surface area contributed by atoms with Crippen LogP contribution in [0, 0.1) is 0 Å². The van der Waals surface area contributed by atoms with E-state index in [1.807, 2.05) is 0 Å². The number of aromatic nitrogens is 2. The van der Waals surface area contributed by atoms with Gasteiger partial charge in [0.05, 0.1) is 5.56 Å². The van der Waals surface area contributed by atoms with Gasteiger partial charge >= 0.3 is 5.97 Å². The van der Waals surface area contributed by atoms with Crippen LogP contribution in [0.2, 0.25) is 0 Å². The molecule has 0 amide bonds. The molecule has 2 aromatic rings. The smallest absolute Gasteiger partial charge is 0.335 e. The number of hydrogen-bond donors (Lipinski definition) is 3. The lowest BCUT2D eigenvalue weighted by molar-refractivity contribution is 0.0697. The highest BCUT2D eigenvalue weighted by molar-refractivity contribution is 7.98. The fraction of sp³-hybridized carbons (Fsp3) is 0.0833. The van der Waals surface area contributed by atoms with Gasteiger partial charge in [0.2, 0.25) is 0 Å². The first-order valence-electron chi connectivity index (χ1n) is 5.39. The molecule has 6 nitrogen and oxygen atoms in total. The number of aromatic carboxylic acids is 1. The van der Waals surface area contributed by atoms with Crippen LogP contribution in [0.3, 0.4) is 0 Å². The van der Waals surface area contributed by atoms with Crippen LogP contribution in [0.15, 0.2) is 35.5 Å². The molecule has 0 saturated carbocycles. The second kappa shape index (κ2) is 5.57. The number of carboxylic acids is 1. The molecule has 98 valence electrons. The van der Waals surface area contributed by atoms with Gasteiger partial charge in [-0.25, -0.2) is 14.8 Å². The molecular formula is C12H12N4O2S. The van der Waals surface area contributed by atoms with Crippen molar-refractivity contribution in [2.45, 2.75) is 10.9 Å². The fourth-order valence-electron chi connectivity index (χ4n) is 1.42. The quantitative estimate of drug-likeness (QED) is 0.574. The highest BCUT2D eigenvalue weighted by Gasteiger charge is 2.04. The number of rotatable bonds is 4. The summed E-state index contributed by atoms with van der Waals surface area (Å²) in [5.41, 5.74) is 12.4. The average molecular weight is 276 g/mol. The third kappa shape index (κ3) is 3.59. The molecule has 1 heterocycles. The van der Waals surface area contributed by atoms with Crippen LogP contribution in [0.5, 0.6) is 0 Å². The summed E-state index contributed by atoms with van der Waals surface area (Å²) >= 11 is 1.39. The largest absolute Gasteiger partial charge is 0.478 e. The van der Waals surface area contributed by atoms with Crippen LogP contribution in [0.25, 0.3) is 0 Å². The molecule has 0 aliphatic rings. The van der Waals surface area contributed by atoms with Crippen LogP contribution in [-0.2, 0) is 5.75 Å². The molecule has 19 heavy (non-hydrogen) atoms. The third-order valence-electron chi connectivity index (χ3n) is 2.31. The number of carboxylic acid groups (broad SMARTS) is 1. The van der Waals surface area contributed by atoms with Crippen molar-refractivity contribution in [3.05, 3.63) is 41.5 Å². The molecule has 0 spiro atoms. The predicted octanol–water partition coefficient (Wildman–Crippen LogP) is 1.63. The zero-order valence-electron chi connectivity index (χ0n) is 9.91. The molecule has 0 unspecified atom stereocenters. The average Bonchev–Trinajstić information content (AvgIpc) is 2.36. The molecule has 0 saturated heterocycles. The number of nitrogens with zero attached hydrogens (tertiary/aromatic N) is 2. The maximum absolute atomic E-state index is 10.7. The van der Waals surface area contributed by atoms with Crippen molar-refractivity contribution in [2.24, 2.45) is 0 Å². The van der Waals surface area contributed by atoms with E-state index in [1.165, 1.54) is 17.8 Å². The van der Waals surface area contributed by atoms with Gasteiger partial charge in [0.1, 0.15) is 11.6 Å². The summed E-state index contributed by atoms with van der Waals surface area (Å²) in [6, 6.07) is 8.13. The van der Waals surface area contributed by atoms with E-state index >= 15 is 0 Å². The second-order valence-electron chi connectivity index (χ2n) is 3.79. The van der Waals surface area contributed by atoms with Crippen LogP contribution in [-0.4, -0.2) is 21.0 Å². The minimum atomic E-state index is -0.939. The van der Waals surface area contributed by atoms with Crippen LogP contribution >= 0.6 is 11.8 Å². The van der Waals surface area contributed by atoms with E-state index in [2.05, 4.69) is 9.97 Å². The minimum absolute atomic E-state index is 0.262. The summed E-state index contributed by atoms with van der Waals surface area (Å²) in [6.45, 7) is 0. The number of anilines is 2. The Morgan fingerprint density at radius 3 is 2.26 bits per heavy atom. The van der Waals surface area contributed by atoms with Gasteiger partial charge in [-0.1, -0.05) is 23.9 Å². The summed E-state index contributed by atoms with van der Waals surface area (Å²) in [5, 5.41) is 9.29. The number of benzene rings is 1. The molecule has 0 radical (unpaired) electrons. The Labute approximate surface area is 113 Å². The van der Waals surface area contributed by atoms with Gasteiger partial charge in [0, 0.05) is 11.8 Å². The molecule has 0 fully saturated rings. The number of carbonyl (C=O) groups is 1. The van der Waals surface area contributed by atoms with Crippen molar-refractivity contribution >= 4 is 29.4 Å². The molecular weight excluding hydrogens is 264 g/mol. The Hall–Kier alpha value is -2.28. The first-order chi connectivity index (χ1) is 9.04. The highest BCUT2D eigenvalue weighted by atomic mass is 32.2. The van der Waals surface area contributed by atoms with Crippen molar-refractivity contribution in [3.8, 4) is 0 Å². The topological polar surface area (TPSA) is 115 Å². The Bertz CT molecular complexity index is 581. The molecule has 0 aliphatic carbocycles. The zero-order chi connectivity index (χ0) is 13.8. The number of thioether (sulfide) groups is 1. The molecule has 0 atom stereocenters. The lowest BCUT2D eigenvalue weighted by Crippen LogP contribution is -1.99. The SMILES string of the molecule is Nc1cc(N)nc(SCc2ccc(C(=O)O)cc2)n1. The summed E-state index contributed by atoms with van der Waals surface area (Å²) in [6.07, 6.45) is 0. The normalized spacial score (nSPS) is 10.3. The van der Waals surface area contributed by atoms with Gasteiger partial charge in [-0.2, -0.15) is 0 Å². The molecule has 7 heteroatoms. The molecule has 2 rings (SSSR count). The molecule has 1 aromatic carbocycles. The van der Waals surface area contributed by atoms with Crippen LogP contribution in [0.4, 0.5) is 11.6 Å². The van der Waals surface area contributed by atoms with Crippen LogP contribution < -0.4 is 11.5 Å². The standard InChI is InChI=1S/C12H12N4O2S/c13-9-5-10(14)16-12(15-9)19-6-7-1-3-8(4-2-7)11(17)18/h1-5H,6H2,(H,17,18)(H4,13,14,15,16). The second-order valence-corrected chi connectivity index (χ2v) is 4.73. The fourth-order valence-corrected chi connectivity index (χ4v) is 2.25. The maximum atomic E-state index is 10.7. The van der Waals surface area contributed by atoms with Gasteiger partial charge < -0.3 is 16.6 Å². The van der Waals surface area contributed by atoms with Gasteiger partial charge in [-0.05, 0) is 17.7 Å². The summed E-state index contributed by atoms with van der Waals surface area (Å²) < 4.78 is 0. The Morgan fingerprint density at radius 2 is 1.74 bits per heavy atom. The van der Waals surface area contributed by atoms with E-state index in [-0.39, 0.29) is 5.56 Å². The first-order valence-corrected chi connectivity index (χ1v) is 6.38. The highest BCUT2D eigenvalue weighted by Crippen LogP contribution is 2.21. The Balaban J connectivity index is 2.03. The lowest BCUT2D eigenvalue weighted by atomic mass is 10.1. The summed E-state index contributed by atoms with van der Waals surface area (Å²) in [7, 11) is 0.